The van der Waals surface area contributed by atoms with E-state index in [2.05, 4.69) is 36.4 Å². The van der Waals surface area contributed by atoms with Crippen molar-refractivity contribution in [1.82, 2.24) is 19.7 Å². The Hall–Kier alpha value is -3.17. The fraction of sp³-hybridized carbons (Fsp3) is 0.0909. The fourth-order valence-electron chi connectivity index (χ4n) is 2.90. The molecule has 1 amide bonds. The van der Waals surface area contributed by atoms with Gasteiger partial charge in [-0.15, -0.1) is 10.2 Å². The predicted molar refractivity (Wildman–Crippen MR) is 125 cm³/mol. The predicted octanol–water partition coefficient (Wildman–Crippen LogP) is 4.83. The summed E-state index contributed by atoms with van der Waals surface area (Å²) in [6.07, 6.45) is 3.44. The monoisotopic (exact) mass is 495 g/mol. The summed E-state index contributed by atoms with van der Waals surface area (Å²) in [5.41, 5.74) is 2.42. The maximum atomic E-state index is 12.5. The minimum Gasteiger partial charge on any atom is -0.497 e. The molecule has 2 heterocycles. The number of anilines is 1. The van der Waals surface area contributed by atoms with E-state index in [1.54, 1.807) is 19.5 Å². The molecule has 0 saturated carbocycles. The summed E-state index contributed by atoms with van der Waals surface area (Å²) in [7, 11) is 1.63. The zero-order valence-corrected chi connectivity index (χ0v) is 18.9. The van der Waals surface area contributed by atoms with Crippen molar-refractivity contribution in [3.05, 3.63) is 77.5 Å². The average Bonchev–Trinajstić information content (AvgIpc) is 3.22. The largest absolute Gasteiger partial charge is 0.497 e. The van der Waals surface area contributed by atoms with Crippen molar-refractivity contribution in [3.8, 4) is 22.8 Å². The number of pyridine rings is 1. The van der Waals surface area contributed by atoms with Gasteiger partial charge in [-0.25, -0.2) is 0 Å². The Balaban J connectivity index is 1.59. The Labute approximate surface area is 192 Å². The molecule has 7 nitrogen and oxygen atoms in total. The van der Waals surface area contributed by atoms with Crippen molar-refractivity contribution in [2.45, 2.75) is 5.16 Å². The number of amides is 1. The van der Waals surface area contributed by atoms with Gasteiger partial charge < -0.3 is 10.1 Å². The molecule has 0 atom stereocenters. The van der Waals surface area contributed by atoms with Crippen LogP contribution < -0.4 is 10.1 Å². The molecule has 9 heteroatoms. The number of hydrogen-bond acceptors (Lipinski definition) is 6. The Bertz CT molecular complexity index is 1180. The second-order valence-electron chi connectivity index (χ2n) is 6.43. The standard InChI is InChI=1S/C22H18BrN5O2S/c1-30-19-9-7-18(8-10-19)28-21(15-4-3-11-24-13-15)26-27-22(28)31-14-20(29)25-17-6-2-5-16(23)12-17/h2-13H,14H2,1H3,(H,25,29). The third kappa shape index (κ3) is 5.12. The Morgan fingerprint density at radius 3 is 2.68 bits per heavy atom. The topological polar surface area (TPSA) is 81.9 Å². The minimum absolute atomic E-state index is 0.129. The van der Waals surface area contributed by atoms with Crippen LogP contribution in [0.1, 0.15) is 0 Å². The molecule has 4 rings (SSSR count). The highest BCUT2D eigenvalue weighted by Crippen LogP contribution is 2.28. The van der Waals surface area contributed by atoms with Crippen LogP contribution in [0.25, 0.3) is 17.1 Å². The van der Waals surface area contributed by atoms with Gasteiger partial charge in [0.15, 0.2) is 11.0 Å². The molecule has 0 aliphatic heterocycles. The van der Waals surface area contributed by atoms with Crippen molar-refractivity contribution in [3.63, 3.8) is 0 Å². The lowest BCUT2D eigenvalue weighted by atomic mass is 10.2. The van der Waals surface area contributed by atoms with E-state index in [-0.39, 0.29) is 11.7 Å². The molecule has 0 aliphatic rings. The molecule has 4 aromatic rings. The normalized spacial score (nSPS) is 10.6. The summed E-state index contributed by atoms with van der Waals surface area (Å²) in [6, 6.07) is 18.8. The van der Waals surface area contributed by atoms with E-state index in [4.69, 9.17) is 4.74 Å². The lowest BCUT2D eigenvalue weighted by Gasteiger charge is -2.11. The summed E-state index contributed by atoms with van der Waals surface area (Å²) in [6.45, 7) is 0. The molecular formula is C22H18BrN5O2S. The van der Waals surface area contributed by atoms with E-state index in [0.29, 0.717) is 11.0 Å². The van der Waals surface area contributed by atoms with Crippen LogP contribution in [-0.2, 0) is 4.79 Å². The summed E-state index contributed by atoms with van der Waals surface area (Å²) in [5.74, 6) is 1.46. The van der Waals surface area contributed by atoms with Crippen LogP contribution >= 0.6 is 27.7 Å². The van der Waals surface area contributed by atoms with Crippen molar-refractivity contribution < 1.29 is 9.53 Å². The van der Waals surface area contributed by atoms with Crippen molar-refractivity contribution in [1.29, 1.82) is 0 Å². The maximum Gasteiger partial charge on any atom is 0.234 e. The number of carbonyl (C=O) groups is 1. The van der Waals surface area contributed by atoms with Gasteiger partial charge in [-0.05, 0) is 54.6 Å². The molecule has 2 aromatic carbocycles. The summed E-state index contributed by atoms with van der Waals surface area (Å²) in [5, 5.41) is 12.2. The van der Waals surface area contributed by atoms with Crippen LogP contribution in [0.3, 0.4) is 0 Å². The molecule has 0 saturated heterocycles. The van der Waals surface area contributed by atoms with Crippen LogP contribution in [-0.4, -0.2) is 38.5 Å². The second kappa shape index (κ2) is 9.76. The highest BCUT2D eigenvalue weighted by atomic mass is 79.9. The Morgan fingerprint density at radius 1 is 1.13 bits per heavy atom. The molecule has 2 aromatic heterocycles. The molecule has 0 bridgehead atoms. The minimum atomic E-state index is -0.129. The number of rotatable bonds is 7. The Kier molecular flexibility index (Phi) is 6.63. The summed E-state index contributed by atoms with van der Waals surface area (Å²) in [4.78, 5) is 16.7. The smallest absolute Gasteiger partial charge is 0.234 e. The maximum absolute atomic E-state index is 12.5. The lowest BCUT2D eigenvalue weighted by molar-refractivity contribution is -0.113. The molecule has 0 aliphatic carbocycles. The number of methoxy groups -OCH3 is 1. The first-order chi connectivity index (χ1) is 15.1. The van der Waals surface area contributed by atoms with E-state index < -0.39 is 0 Å². The Morgan fingerprint density at radius 2 is 1.97 bits per heavy atom. The van der Waals surface area contributed by atoms with Gasteiger partial charge in [-0.1, -0.05) is 33.8 Å². The van der Waals surface area contributed by atoms with E-state index in [1.165, 1.54) is 11.8 Å². The van der Waals surface area contributed by atoms with Crippen molar-refractivity contribution in [2.24, 2.45) is 0 Å². The molecule has 31 heavy (non-hydrogen) atoms. The first-order valence-electron chi connectivity index (χ1n) is 9.32. The number of hydrogen-bond donors (Lipinski definition) is 1. The summed E-state index contributed by atoms with van der Waals surface area (Å²) < 4.78 is 8.08. The number of nitrogens with one attached hydrogen (secondary N) is 1. The second-order valence-corrected chi connectivity index (χ2v) is 8.29. The van der Waals surface area contributed by atoms with Crippen LogP contribution in [0, 0.1) is 0 Å². The molecule has 0 radical (unpaired) electrons. The zero-order valence-electron chi connectivity index (χ0n) is 16.5. The first kappa shape index (κ1) is 21.1. The molecular weight excluding hydrogens is 478 g/mol. The van der Waals surface area contributed by atoms with Crippen molar-refractivity contribution in [2.75, 3.05) is 18.2 Å². The molecule has 0 unspecified atom stereocenters. The SMILES string of the molecule is COc1ccc(-n2c(SCC(=O)Nc3cccc(Br)c3)nnc2-c2cccnc2)cc1. The number of thioether (sulfide) groups is 1. The summed E-state index contributed by atoms with van der Waals surface area (Å²) >= 11 is 4.72. The van der Waals surface area contributed by atoms with Crippen LogP contribution in [0.4, 0.5) is 5.69 Å². The van der Waals surface area contributed by atoms with Gasteiger partial charge in [0.05, 0.1) is 12.9 Å². The van der Waals surface area contributed by atoms with Gasteiger partial charge in [-0.2, -0.15) is 0 Å². The van der Waals surface area contributed by atoms with Gasteiger partial charge in [0.2, 0.25) is 5.91 Å². The highest BCUT2D eigenvalue weighted by Gasteiger charge is 2.17. The number of benzene rings is 2. The quantitative estimate of drug-likeness (QED) is 0.369. The van der Waals surface area contributed by atoms with Gasteiger partial charge in [0.1, 0.15) is 5.75 Å². The van der Waals surface area contributed by atoms with E-state index >= 15 is 0 Å². The van der Waals surface area contributed by atoms with Crippen LogP contribution in [0.5, 0.6) is 5.75 Å². The van der Waals surface area contributed by atoms with Crippen LogP contribution in [0.15, 0.2) is 82.7 Å². The lowest BCUT2D eigenvalue weighted by Crippen LogP contribution is -2.14. The first-order valence-corrected chi connectivity index (χ1v) is 11.1. The van der Waals surface area contributed by atoms with Gasteiger partial charge in [-0.3, -0.25) is 14.3 Å². The number of carbonyl (C=O) groups excluding carboxylic acids is 1. The molecule has 156 valence electrons. The zero-order chi connectivity index (χ0) is 21.6. The number of ether oxygens (including phenoxy) is 1. The molecule has 0 spiro atoms. The van der Waals surface area contributed by atoms with E-state index in [0.717, 1.165) is 27.2 Å². The third-order valence-corrected chi connectivity index (χ3v) is 5.75. The third-order valence-electron chi connectivity index (χ3n) is 4.32. The molecule has 0 fully saturated rings. The van der Waals surface area contributed by atoms with Crippen LogP contribution in [0.2, 0.25) is 0 Å². The van der Waals surface area contributed by atoms with E-state index in [1.807, 2.05) is 65.2 Å². The van der Waals surface area contributed by atoms with Crippen molar-refractivity contribution >= 4 is 39.3 Å². The van der Waals surface area contributed by atoms with Gasteiger partial charge >= 0.3 is 0 Å². The highest BCUT2D eigenvalue weighted by molar-refractivity contribution is 9.10. The van der Waals surface area contributed by atoms with Gasteiger partial charge in [0.25, 0.3) is 0 Å². The molecule has 1 N–H and O–H groups in total. The average molecular weight is 496 g/mol. The number of nitrogens with zero attached hydrogens (tertiary/aromatic N) is 4. The van der Waals surface area contributed by atoms with E-state index in [9.17, 15) is 4.79 Å². The number of aromatic nitrogens is 4. The fourth-order valence-corrected chi connectivity index (χ4v) is 4.05. The number of halogens is 1. The van der Waals surface area contributed by atoms with Gasteiger partial charge in [0, 0.05) is 33.8 Å².